The molecule has 0 radical (unpaired) electrons. The van der Waals surface area contributed by atoms with Gasteiger partial charge in [-0.1, -0.05) is 96.6 Å². The highest BCUT2D eigenvalue weighted by Crippen LogP contribution is 2.12. The number of carbonyl (C=O) groups is 2. The second-order valence-corrected chi connectivity index (χ2v) is 7.85. The van der Waals surface area contributed by atoms with Crippen LogP contribution in [0.2, 0.25) is 0 Å². The van der Waals surface area contributed by atoms with Crippen molar-refractivity contribution in [3.8, 4) is 0 Å². The molecule has 0 aromatic heterocycles. The first-order valence-corrected chi connectivity index (χ1v) is 12.2. The Bertz CT molecular complexity index is 404. The van der Waals surface area contributed by atoms with Crippen molar-refractivity contribution in [2.45, 2.75) is 123 Å². The molecule has 0 aromatic rings. The largest absolute Gasteiger partial charge is 0.466 e. The van der Waals surface area contributed by atoms with Gasteiger partial charge in [-0.25, -0.2) is 0 Å². The van der Waals surface area contributed by atoms with E-state index in [1.807, 2.05) is 6.08 Å². The minimum absolute atomic E-state index is 0.202. The van der Waals surface area contributed by atoms with Gasteiger partial charge in [0.1, 0.15) is 0 Å². The molecule has 0 aliphatic heterocycles. The van der Waals surface area contributed by atoms with Gasteiger partial charge in [-0.3, -0.25) is 9.59 Å². The molecular weight excluding hydrogens is 364 g/mol. The normalized spacial score (nSPS) is 11.1. The van der Waals surface area contributed by atoms with Crippen molar-refractivity contribution in [3.63, 3.8) is 0 Å². The number of unbranched alkanes of at least 4 members (excludes halogenated alkanes) is 11. The lowest BCUT2D eigenvalue weighted by molar-refractivity contribution is -0.145. The third-order valence-corrected chi connectivity index (χ3v) is 4.97. The van der Waals surface area contributed by atoms with Crippen molar-refractivity contribution in [1.82, 2.24) is 0 Å². The fourth-order valence-corrected chi connectivity index (χ4v) is 3.18. The van der Waals surface area contributed by atoms with E-state index in [4.69, 9.17) is 9.47 Å². The predicted molar refractivity (Wildman–Crippen MR) is 121 cm³/mol. The van der Waals surface area contributed by atoms with E-state index in [9.17, 15) is 9.59 Å². The van der Waals surface area contributed by atoms with Crippen molar-refractivity contribution in [1.29, 1.82) is 0 Å². The number of hydrogen-bond acceptors (Lipinski definition) is 4. The molecule has 0 atom stereocenters. The minimum Gasteiger partial charge on any atom is -0.466 e. The van der Waals surface area contributed by atoms with Gasteiger partial charge in [0.25, 0.3) is 0 Å². The monoisotopic (exact) mass is 410 g/mol. The third kappa shape index (κ3) is 22.8. The van der Waals surface area contributed by atoms with Crippen LogP contribution in [-0.2, 0) is 19.1 Å². The molecule has 0 saturated carbocycles. The lowest BCUT2D eigenvalue weighted by Crippen LogP contribution is -2.09. The van der Waals surface area contributed by atoms with Crippen LogP contribution in [0.3, 0.4) is 0 Å². The summed E-state index contributed by atoms with van der Waals surface area (Å²) in [6.07, 6.45) is 22.4. The van der Waals surface area contributed by atoms with Crippen LogP contribution >= 0.6 is 0 Å². The van der Waals surface area contributed by atoms with Crippen LogP contribution in [0.15, 0.2) is 12.2 Å². The van der Waals surface area contributed by atoms with Crippen LogP contribution < -0.4 is 0 Å². The van der Waals surface area contributed by atoms with Gasteiger partial charge in [-0.2, -0.15) is 0 Å². The van der Waals surface area contributed by atoms with Gasteiger partial charge >= 0.3 is 11.9 Å². The van der Waals surface area contributed by atoms with Gasteiger partial charge in [0.15, 0.2) is 0 Å². The lowest BCUT2D eigenvalue weighted by atomic mass is 10.1. The summed E-state index contributed by atoms with van der Waals surface area (Å²) < 4.78 is 10.4. The minimum atomic E-state index is -0.233. The zero-order valence-corrected chi connectivity index (χ0v) is 19.2. The van der Waals surface area contributed by atoms with Crippen LogP contribution in [-0.4, -0.2) is 25.2 Å². The quantitative estimate of drug-likeness (QED) is 0.113. The van der Waals surface area contributed by atoms with Crippen molar-refractivity contribution in [2.75, 3.05) is 13.2 Å². The highest BCUT2D eigenvalue weighted by molar-refractivity contribution is 5.72. The molecule has 0 unspecified atom stereocenters. The van der Waals surface area contributed by atoms with Crippen molar-refractivity contribution in [3.05, 3.63) is 12.2 Å². The summed E-state index contributed by atoms with van der Waals surface area (Å²) >= 11 is 0. The van der Waals surface area contributed by atoms with Gasteiger partial charge in [0.2, 0.25) is 0 Å². The average Bonchev–Trinajstić information content (AvgIpc) is 2.71. The zero-order valence-electron chi connectivity index (χ0n) is 19.2. The summed E-state index contributed by atoms with van der Waals surface area (Å²) in [5.74, 6) is -0.435. The standard InChI is InChI=1S/C25H46O4/c1-3-5-7-9-10-11-12-13-14-15-16-18-23-29-25(27)21-19-20-24(26)28-22-17-8-6-4-2/h6,8H,3-5,7,9-23H2,1-2H3/b8-6+. The summed E-state index contributed by atoms with van der Waals surface area (Å²) in [4.78, 5) is 23.2. The molecular formula is C25H46O4. The highest BCUT2D eigenvalue weighted by atomic mass is 16.5. The fourth-order valence-electron chi connectivity index (χ4n) is 3.18. The number of esters is 2. The summed E-state index contributed by atoms with van der Waals surface area (Å²) in [5, 5.41) is 0. The van der Waals surface area contributed by atoms with Gasteiger partial charge in [-0.05, 0) is 25.7 Å². The van der Waals surface area contributed by atoms with Crippen molar-refractivity contribution >= 4 is 11.9 Å². The molecule has 4 nitrogen and oxygen atoms in total. The van der Waals surface area contributed by atoms with E-state index in [2.05, 4.69) is 19.9 Å². The topological polar surface area (TPSA) is 52.6 Å². The van der Waals surface area contributed by atoms with Crippen LogP contribution in [0.4, 0.5) is 0 Å². The molecule has 0 aliphatic rings. The molecule has 0 bridgehead atoms. The van der Waals surface area contributed by atoms with E-state index in [0.29, 0.717) is 26.1 Å². The van der Waals surface area contributed by atoms with E-state index >= 15 is 0 Å². The first-order chi connectivity index (χ1) is 14.2. The molecule has 0 heterocycles. The van der Waals surface area contributed by atoms with Crippen LogP contribution in [0.5, 0.6) is 0 Å². The van der Waals surface area contributed by atoms with E-state index in [0.717, 1.165) is 25.7 Å². The van der Waals surface area contributed by atoms with E-state index < -0.39 is 0 Å². The Balaban J connectivity index is 3.29. The Labute approximate surface area is 179 Å². The van der Waals surface area contributed by atoms with Gasteiger partial charge < -0.3 is 9.47 Å². The maximum Gasteiger partial charge on any atom is 0.305 e. The summed E-state index contributed by atoms with van der Waals surface area (Å²) in [6.45, 7) is 5.25. The molecule has 0 aromatic carbocycles. The molecule has 0 fully saturated rings. The van der Waals surface area contributed by atoms with Crippen molar-refractivity contribution < 1.29 is 19.1 Å². The number of carbonyl (C=O) groups excluding carboxylic acids is 2. The van der Waals surface area contributed by atoms with Gasteiger partial charge in [0, 0.05) is 12.8 Å². The summed E-state index contributed by atoms with van der Waals surface area (Å²) in [6, 6.07) is 0. The molecule has 0 N–H and O–H groups in total. The molecule has 170 valence electrons. The Morgan fingerprint density at radius 1 is 0.586 bits per heavy atom. The molecule has 0 saturated heterocycles. The number of hydrogen-bond donors (Lipinski definition) is 0. The number of allylic oxidation sites excluding steroid dienone is 1. The Hall–Kier alpha value is -1.32. The van der Waals surface area contributed by atoms with Gasteiger partial charge in [0.05, 0.1) is 13.2 Å². The molecule has 29 heavy (non-hydrogen) atoms. The second-order valence-electron chi connectivity index (χ2n) is 7.85. The maximum atomic E-state index is 11.7. The van der Waals surface area contributed by atoms with E-state index in [1.54, 1.807) is 0 Å². The SMILES string of the molecule is CC/C=C/CCOC(=O)CCCC(=O)OCCCCCCCCCCCCCC. The summed E-state index contributed by atoms with van der Waals surface area (Å²) in [5.41, 5.74) is 0. The third-order valence-electron chi connectivity index (χ3n) is 4.97. The zero-order chi connectivity index (χ0) is 21.4. The van der Waals surface area contributed by atoms with Crippen LogP contribution in [0, 0.1) is 0 Å². The first kappa shape index (κ1) is 27.7. The Morgan fingerprint density at radius 2 is 1.07 bits per heavy atom. The van der Waals surface area contributed by atoms with E-state index in [-0.39, 0.29) is 18.4 Å². The van der Waals surface area contributed by atoms with E-state index in [1.165, 1.54) is 64.2 Å². The predicted octanol–water partition coefficient (Wildman–Crippen LogP) is 7.30. The number of ether oxygens (including phenoxy) is 2. The molecule has 4 heteroatoms. The molecule has 0 spiro atoms. The maximum absolute atomic E-state index is 11.7. The second kappa shape index (κ2) is 23.0. The molecule has 0 rings (SSSR count). The Kier molecular flexibility index (Phi) is 21.9. The van der Waals surface area contributed by atoms with Crippen LogP contribution in [0.1, 0.15) is 123 Å². The highest BCUT2D eigenvalue weighted by Gasteiger charge is 2.07. The smallest absolute Gasteiger partial charge is 0.305 e. The molecule has 0 amide bonds. The molecule has 0 aliphatic carbocycles. The summed E-state index contributed by atoms with van der Waals surface area (Å²) in [7, 11) is 0. The fraction of sp³-hybridized carbons (Fsp3) is 0.840. The van der Waals surface area contributed by atoms with Crippen LogP contribution in [0.25, 0.3) is 0 Å². The first-order valence-electron chi connectivity index (χ1n) is 12.2. The number of rotatable bonds is 21. The lowest BCUT2D eigenvalue weighted by Gasteiger charge is -2.06. The average molecular weight is 411 g/mol. The van der Waals surface area contributed by atoms with Crippen molar-refractivity contribution in [2.24, 2.45) is 0 Å². The van der Waals surface area contributed by atoms with Gasteiger partial charge in [-0.15, -0.1) is 0 Å². The Morgan fingerprint density at radius 3 is 1.59 bits per heavy atom.